The maximum absolute atomic E-state index is 5.96. The van der Waals surface area contributed by atoms with Crippen molar-refractivity contribution >= 4 is 5.69 Å². The number of pyridine rings is 1. The lowest BCUT2D eigenvalue weighted by atomic mass is 9.89. The van der Waals surface area contributed by atoms with Gasteiger partial charge in [0.05, 0.1) is 18.4 Å². The van der Waals surface area contributed by atoms with Crippen molar-refractivity contribution in [1.82, 2.24) is 4.98 Å². The summed E-state index contributed by atoms with van der Waals surface area (Å²) in [7, 11) is 0. The fraction of sp³-hybridized carbons (Fsp3) is 0.667. The molecule has 1 aromatic rings. The first kappa shape index (κ1) is 13.3. The van der Waals surface area contributed by atoms with Crippen molar-refractivity contribution in [3.63, 3.8) is 0 Å². The Morgan fingerprint density at radius 1 is 1.33 bits per heavy atom. The Morgan fingerprint density at radius 2 is 2.11 bits per heavy atom. The van der Waals surface area contributed by atoms with E-state index in [0.29, 0.717) is 12.7 Å². The molecule has 3 nitrogen and oxygen atoms in total. The van der Waals surface area contributed by atoms with Gasteiger partial charge in [-0.2, -0.15) is 0 Å². The smallest absolute Gasteiger partial charge is 0.0892 e. The van der Waals surface area contributed by atoms with Gasteiger partial charge >= 0.3 is 0 Å². The normalized spacial score (nSPS) is 23.9. The first-order valence-electron chi connectivity index (χ1n) is 7.08. The Bertz CT molecular complexity index is 359. The van der Waals surface area contributed by atoms with Crippen LogP contribution in [0.2, 0.25) is 0 Å². The van der Waals surface area contributed by atoms with Gasteiger partial charge in [0.15, 0.2) is 0 Å². The Morgan fingerprint density at radius 3 is 2.83 bits per heavy atom. The molecule has 0 bridgehead atoms. The van der Waals surface area contributed by atoms with E-state index in [2.05, 4.69) is 30.2 Å². The number of hydrogen-bond acceptors (Lipinski definition) is 3. The van der Waals surface area contributed by atoms with Crippen molar-refractivity contribution in [2.24, 2.45) is 5.92 Å². The minimum atomic E-state index is 0.436. The Hall–Kier alpha value is -1.09. The van der Waals surface area contributed by atoms with Gasteiger partial charge in [0, 0.05) is 18.4 Å². The van der Waals surface area contributed by atoms with Crippen LogP contribution in [-0.4, -0.2) is 17.6 Å². The molecule has 0 aliphatic heterocycles. The molecule has 0 aromatic carbocycles. The van der Waals surface area contributed by atoms with Gasteiger partial charge in [0.25, 0.3) is 0 Å². The Balaban J connectivity index is 1.80. The summed E-state index contributed by atoms with van der Waals surface area (Å²) in [5.41, 5.74) is 2.15. The standard InChI is InChI=1S/C15H24N2O/c1-3-16-13-8-9-17-14(10-13)11-18-15-6-4-12(2)5-7-15/h8-10,12,15H,3-7,11H2,1-2H3,(H,16,17). The number of nitrogens with zero attached hydrogens (tertiary/aromatic N) is 1. The van der Waals surface area contributed by atoms with E-state index in [-0.39, 0.29) is 0 Å². The van der Waals surface area contributed by atoms with Crippen molar-refractivity contribution in [3.8, 4) is 0 Å². The van der Waals surface area contributed by atoms with Crippen LogP contribution in [0.1, 0.15) is 45.2 Å². The first-order chi connectivity index (χ1) is 8.78. The summed E-state index contributed by atoms with van der Waals surface area (Å²) in [6, 6.07) is 4.07. The van der Waals surface area contributed by atoms with E-state index in [0.717, 1.165) is 23.8 Å². The van der Waals surface area contributed by atoms with E-state index >= 15 is 0 Å². The fourth-order valence-corrected chi connectivity index (χ4v) is 2.47. The summed E-state index contributed by atoms with van der Waals surface area (Å²) in [5.74, 6) is 0.875. The molecule has 0 saturated heterocycles. The lowest BCUT2D eigenvalue weighted by molar-refractivity contribution is 0.00730. The van der Waals surface area contributed by atoms with Crippen LogP contribution in [-0.2, 0) is 11.3 Å². The van der Waals surface area contributed by atoms with E-state index in [9.17, 15) is 0 Å². The Labute approximate surface area is 110 Å². The average Bonchev–Trinajstić information content (AvgIpc) is 2.39. The molecule has 2 rings (SSSR count). The van der Waals surface area contributed by atoms with Crippen molar-refractivity contribution in [3.05, 3.63) is 24.0 Å². The van der Waals surface area contributed by atoms with Crippen LogP contribution >= 0.6 is 0 Å². The average molecular weight is 248 g/mol. The van der Waals surface area contributed by atoms with Gasteiger partial charge in [-0.1, -0.05) is 6.92 Å². The molecule has 3 heteroatoms. The fourth-order valence-electron chi connectivity index (χ4n) is 2.47. The van der Waals surface area contributed by atoms with Gasteiger partial charge in [-0.25, -0.2) is 0 Å². The number of aromatic nitrogens is 1. The highest BCUT2D eigenvalue weighted by Gasteiger charge is 2.18. The topological polar surface area (TPSA) is 34.2 Å². The monoisotopic (exact) mass is 248 g/mol. The highest BCUT2D eigenvalue weighted by molar-refractivity contribution is 5.42. The second-order valence-corrected chi connectivity index (χ2v) is 5.26. The summed E-state index contributed by atoms with van der Waals surface area (Å²) in [6.45, 7) is 6.00. The van der Waals surface area contributed by atoms with Crippen molar-refractivity contribution < 1.29 is 4.74 Å². The maximum atomic E-state index is 5.96. The van der Waals surface area contributed by atoms with Crippen LogP contribution in [0, 0.1) is 5.92 Å². The molecule has 18 heavy (non-hydrogen) atoms. The highest BCUT2D eigenvalue weighted by Crippen LogP contribution is 2.26. The number of anilines is 1. The van der Waals surface area contributed by atoms with Gasteiger partial charge in [-0.3, -0.25) is 4.98 Å². The van der Waals surface area contributed by atoms with E-state index in [4.69, 9.17) is 4.74 Å². The molecular formula is C15H24N2O. The van der Waals surface area contributed by atoms with Crippen molar-refractivity contribution in [1.29, 1.82) is 0 Å². The van der Waals surface area contributed by atoms with Gasteiger partial charge < -0.3 is 10.1 Å². The molecule has 0 unspecified atom stereocenters. The lowest BCUT2D eigenvalue weighted by Gasteiger charge is -2.26. The number of ether oxygens (including phenoxy) is 1. The third-order valence-corrected chi connectivity index (χ3v) is 3.63. The van der Waals surface area contributed by atoms with Crippen molar-refractivity contribution in [2.45, 2.75) is 52.2 Å². The zero-order chi connectivity index (χ0) is 12.8. The molecule has 1 aliphatic carbocycles. The summed E-state index contributed by atoms with van der Waals surface area (Å²) in [6.07, 6.45) is 7.29. The summed E-state index contributed by atoms with van der Waals surface area (Å²) in [4.78, 5) is 4.36. The molecule has 0 amide bonds. The predicted molar refractivity (Wildman–Crippen MR) is 74.6 cm³/mol. The summed E-state index contributed by atoms with van der Waals surface area (Å²) < 4.78 is 5.96. The third-order valence-electron chi connectivity index (χ3n) is 3.63. The first-order valence-corrected chi connectivity index (χ1v) is 7.08. The highest BCUT2D eigenvalue weighted by atomic mass is 16.5. The summed E-state index contributed by atoms with van der Waals surface area (Å²) >= 11 is 0. The van der Waals surface area contributed by atoms with E-state index in [1.807, 2.05) is 12.3 Å². The molecule has 0 radical (unpaired) electrons. The number of rotatable bonds is 5. The quantitative estimate of drug-likeness (QED) is 0.864. The molecule has 1 heterocycles. The van der Waals surface area contributed by atoms with E-state index < -0.39 is 0 Å². The minimum Gasteiger partial charge on any atom is -0.385 e. The minimum absolute atomic E-state index is 0.436. The SMILES string of the molecule is CCNc1ccnc(COC2CCC(C)CC2)c1. The van der Waals surface area contributed by atoms with Crippen LogP contribution in [0.15, 0.2) is 18.3 Å². The molecule has 1 saturated carbocycles. The molecule has 0 atom stereocenters. The molecular weight excluding hydrogens is 224 g/mol. The van der Waals surface area contributed by atoms with Gasteiger partial charge in [0.1, 0.15) is 0 Å². The molecule has 1 fully saturated rings. The lowest BCUT2D eigenvalue weighted by Crippen LogP contribution is -2.20. The van der Waals surface area contributed by atoms with Crippen LogP contribution in [0.3, 0.4) is 0 Å². The number of hydrogen-bond donors (Lipinski definition) is 1. The van der Waals surface area contributed by atoms with Crippen LogP contribution in [0.4, 0.5) is 5.69 Å². The molecule has 1 aliphatic rings. The van der Waals surface area contributed by atoms with Crippen LogP contribution < -0.4 is 5.32 Å². The summed E-state index contributed by atoms with van der Waals surface area (Å²) in [5, 5.41) is 3.30. The second kappa shape index (κ2) is 6.74. The van der Waals surface area contributed by atoms with E-state index in [1.165, 1.54) is 25.7 Å². The predicted octanol–water partition coefficient (Wildman–Crippen LogP) is 3.61. The third kappa shape index (κ3) is 3.98. The molecule has 100 valence electrons. The Kier molecular flexibility index (Phi) is 5.00. The zero-order valence-corrected chi connectivity index (χ0v) is 11.5. The van der Waals surface area contributed by atoms with Crippen LogP contribution in [0.25, 0.3) is 0 Å². The molecule has 1 aromatic heterocycles. The van der Waals surface area contributed by atoms with Crippen molar-refractivity contribution in [2.75, 3.05) is 11.9 Å². The number of nitrogens with one attached hydrogen (secondary N) is 1. The second-order valence-electron chi connectivity index (χ2n) is 5.26. The van der Waals surface area contributed by atoms with Gasteiger partial charge in [-0.05, 0) is 50.7 Å². The van der Waals surface area contributed by atoms with Gasteiger partial charge in [-0.15, -0.1) is 0 Å². The van der Waals surface area contributed by atoms with E-state index in [1.54, 1.807) is 0 Å². The zero-order valence-electron chi connectivity index (χ0n) is 11.5. The van der Waals surface area contributed by atoms with Gasteiger partial charge in [0.2, 0.25) is 0 Å². The molecule has 1 N–H and O–H groups in total. The largest absolute Gasteiger partial charge is 0.385 e. The molecule has 0 spiro atoms. The van der Waals surface area contributed by atoms with Crippen LogP contribution in [0.5, 0.6) is 0 Å². The maximum Gasteiger partial charge on any atom is 0.0892 e.